The Kier molecular flexibility index (Phi) is 5.56. The molecule has 2 aromatic heterocycles. The summed E-state index contributed by atoms with van der Waals surface area (Å²) in [5.41, 5.74) is -1.73. The van der Waals surface area contributed by atoms with E-state index in [0.717, 1.165) is 30.3 Å². The van der Waals surface area contributed by atoms with Gasteiger partial charge in [0.2, 0.25) is 0 Å². The quantitative estimate of drug-likeness (QED) is 0.366. The average molecular weight is 493 g/mol. The van der Waals surface area contributed by atoms with Gasteiger partial charge in [-0.15, -0.1) is 0 Å². The molecule has 2 N–H and O–H groups in total. The SMILES string of the molecule is Cc1c(S(=O)(=O)Nc2ccc(-c3ccncc3)cc2C(F)(F)F)n(C(=O)O)c2ccc(F)cc12. The van der Waals surface area contributed by atoms with Crippen LogP contribution in [0.15, 0.2) is 66.0 Å². The first kappa shape index (κ1) is 23.2. The van der Waals surface area contributed by atoms with Crippen LogP contribution in [0.1, 0.15) is 11.1 Å². The highest BCUT2D eigenvalue weighted by molar-refractivity contribution is 7.92. The van der Waals surface area contributed by atoms with Crippen LogP contribution in [0.3, 0.4) is 0 Å². The van der Waals surface area contributed by atoms with Crippen molar-refractivity contribution >= 4 is 32.7 Å². The molecule has 0 fully saturated rings. The maximum Gasteiger partial charge on any atom is 0.418 e. The predicted octanol–water partition coefficient (Wildman–Crippen LogP) is 5.50. The van der Waals surface area contributed by atoms with Crippen LogP contribution >= 0.6 is 0 Å². The van der Waals surface area contributed by atoms with Crippen LogP contribution in [0.5, 0.6) is 0 Å². The van der Waals surface area contributed by atoms with Gasteiger partial charge in [-0.3, -0.25) is 9.71 Å². The molecule has 176 valence electrons. The molecule has 4 aromatic rings. The molecule has 0 spiro atoms. The fraction of sp³-hybridized carbons (Fsp3) is 0.0909. The minimum Gasteiger partial charge on any atom is -0.464 e. The molecule has 0 atom stereocenters. The summed E-state index contributed by atoms with van der Waals surface area (Å²) in [4.78, 5) is 15.7. The molecule has 0 aliphatic rings. The van der Waals surface area contributed by atoms with Gasteiger partial charge in [-0.1, -0.05) is 6.07 Å². The molecule has 2 aromatic carbocycles. The molecule has 0 unspecified atom stereocenters. The lowest BCUT2D eigenvalue weighted by atomic mass is 10.0. The molecule has 0 bridgehead atoms. The number of aromatic nitrogens is 2. The molecular formula is C22H15F4N3O4S. The van der Waals surface area contributed by atoms with Crippen molar-refractivity contribution < 1.29 is 35.9 Å². The normalized spacial score (nSPS) is 12.1. The van der Waals surface area contributed by atoms with E-state index < -0.39 is 44.4 Å². The number of hydrogen-bond donors (Lipinski definition) is 2. The first-order valence-electron chi connectivity index (χ1n) is 9.58. The topological polar surface area (TPSA) is 101 Å². The largest absolute Gasteiger partial charge is 0.464 e. The number of anilines is 1. The van der Waals surface area contributed by atoms with E-state index in [2.05, 4.69) is 4.98 Å². The average Bonchev–Trinajstić information content (AvgIpc) is 3.06. The molecule has 12 heteroatoms. The fourth-order valence-electron chi connectivity index (χ4n) is 3.69. The molecular weight excluding hydrogens is 478 g/mol. The van der Waals surface area contributed by atoms with E-state index in [1.54, 1.807) is 0 Å². The number of nitrogens with zero attached hydrogens (tertiary/aromatic N) is 2. The summed E-state index contributed by atoms with van der Waals surface area (Å²) in [6.45, 7) is 1.24. The Labute approximate surface area is 190 Å². The minimum atomic E-state index is -4.93. The summed E-state index contributed by atoms with van der Waals surface area (Å²) >= 11 is 0. The summed E-state index contributed by atoms with van der Waals surface area (Å²) in [6, 6.07) is 8.98. The number of fused-ring (bicyclic) bond motifs is 1. The third-order valence-corrected chi connectivity index (χ3v) is 6.64. The zero-order valence-electron chi connectivity index (χ0n) is 17.3. The van der Waals surface area contributed by atoms with Gasteiger partial charge in [-0.05, 0) is 66.1 Å². The van der Waals surface area contributed by atoms with Crippen molar-refractivity contribution in [2.45, 2.75) is 18.1 Å². The number of pyridine rings is 1. The highest BCUT2D eigenvalue weighted by atomic mass is 32.2. The molecule has 34 heavy (non-hydrogen) atoms. The Bertz CT molecular complexity index is 1530. The van der Waals surface area contributed by atoms with Crippen molar-refractivity contribution in [2.75, 3.05) is 4.72 Å². The van der Waals surface area contributed by atoms with Crippen molar-refractivity contribution in [1.29, 1.82) is 0 Å². The van der Waals surface area contributed by atoms with Crippen LogP contribution in [0.2, 0.25) is 0 Å². The van der Waals surface area contributed by atoms with E-state index in [0.29, 0.717) is 10.1 Å². The molecule has 0 saturated heterocycles. The lowest BCUT2D eigenvalue weighted by Gasteiger charge is -2.17. The fourth-order valence-corrected chi connectivity index (χ4v) is 5.19. The molecule has 0 saturated carbocycles. The van der Waals surface area contributed by atoms with Crippen molar-refractivity contribution in [2.24, 2.45) is 0 Å². The van der Waals surface area contributed by atoms with Gasteiger partial charge in [0.05, 0.1) is 16.8 Å². The number of rotatable bonds is 4. The van der Waals surface area contributed by atoms with Crippen LogP contribution in [0.25, 0.3) is 22.0 Å². The molecule has 2 heterocycles. The Balaban J connectivity index is 1.88. The van der Waals surface area contributed by atoms with E-state index in [9.17, 15) is 35.9 Å². The van der Waals surface area contributed by atoms with E-state index in [1.165, 1.54) is 37.5 Å². The molecule has 0 aliphatic heterocycles. The van der Waals surface area contributed by atoms with Crippen LogP contribution < -0.4 is 4.72 Å². The number of halogens is 4. The summed E-state index contributed by atoms with van der Waals surface area (Å²) < 4.78 is 83.8. The number of carbonyl (C=O) groups is 1. The standard InChI is InChI=1S/C22H15F4N3O4S/c1-12-16-11-15(23)3-5-19(16)29(21(30)31)20(12)34(32,33)28-18-4-2-14(10-17(18)22(24,25)26)13-6-8-27-9-7-13/h2-11,28H,1H3,(H,30,31). The van der Waals surface area contributed by atoms with Gasteiger partial charge < -0.3 is 5.11 Å². The number of alkyl halides is 3. The van der Waals surface area contributed by atoms with E-state index >= 15 is 0 Å². The molecule has 0 radical (unpaired) electrons. The van der Waals surface area contributed by atoms with Gasteiger partial charge in [0.25, 0.3) is 10.0 Å². The highest BCUT2D eigenvalue weighted by Crippen LogP contribution is 2.39. The van der Waals surface area contributed by atoms with Crippen molar-refractivity contribution in [1.82, 2.24) is 9.55 Å². The van der Waals surface area contributed by atoms with Gasteiger partial charge in [-0.2, -0.15) is 21.6 Å². The monoisotopic (exact) mass is 493 g/mol. The van der Waals surface area contributed by atoms with Crippen molar-refractivity contribution in [3.05, 3.63) is 77.9 Å². The van der Waals surface area contributed by atoms with E-state index in [4.69, 9.17) is 0 Å². The van der Waals surface area contributed by atoms with Crippen LogP contribution in [-0.4, -0.2) is 29.2 Å². The Morgan fingerprint density at radius 3 is 2.32 bits per heavy atom. The molecule has 7 nitrogen and oxygen atoms in total. The second kappa shape index (κ2) is 8.13. The number of sulfonamides is 1. The van der Waals surface area contributed by atoms with Crippen molar-refractivity contribution in [3.63, 3.8) is 0 Å². The van der Waals surface area contributed by atoms with Gasteiger partial charge in [0, 0.05) is 17.8 Å². The minimum absolute atomic E-state index is 0.00754. The number of nitrogens with one attached hydrogen (secondary N) is 1. The van der Waals surface area contributed by atoms with E-state index in [1.807, 2.05) is 4.72 Å². The number of carboxylic acid groups (broad SMARTS) is 1. The van der Waals surface area contributed by atoms with Crippen LogP contribution in [-0.2, 0) is 16.2 Å². The molecule has 4 rings (SSSR count). The summed E-state index contributed by atoms with van der Waals surface area (Å²) in [5, 5.41) is 8.79. The molecule has 0 aliphatic carbocycles. The van der Waals surface area contributed by atoms with Crippen LogP contribution in [0, 0.1) is 12.7 Å². The zero-order valence-corrected chi connectivity index (χ0v) is 18.1. The highest BCUT2D eigenvalue weighted by Gasteiger charge is 2.36. The second-order valence-corrected chi connectivity index (χ2v) is 8.91. The van der Waals surface area contributed by atoms with Gasteiger partial charge in [0.1, 0.15) is 5.82 Å². The summed E-state index contributed by atoms with van der Waals surface area (Å²) in [7, 11) is -4.85. The third kappa shape index (κ3) is 4.07. The number of aryl methyl sites for hydroxylation is 1. The van der Waals surface area contributed by atoms with Gasteiger partial charge in [0.15, 0.2) is 5.03 Å². The third-order valence-electron chi connectivity index (χ3n) is 5.16. The summed E-state index contributed by atoms with van der Waals surface area (Å²) in [5.74, 6) is -0.735. The molecule has 0 amide bonds. The van der Waals surface area contributed by atoms with E-state index in [-0.39, 0.29) is 22.0 Å². The number of benzene rings is 2. The van der Waals surface area contributed by atoms with Crippen LogP contribution in [0.4, 0.5) is 28.0 Å². The summed E-state index contributed by atoms with van der Waals surface area (Å²) in [6.07, 6.45) is -3.84. The van der Waals surface area contributed by atoms with Crippen molar-refractivity contribution in [3.8, 4) is 11.1 Å². The first-order valence-corrected chi connectivity index (χ1v) is 11.1. The maximum atomic E-state index is 13.8. The Morgan fingerprint density at radius 2 is 1.71 bits per heavy atom. The smallest absolute Gasteiger partial charge is 0.418 e. The number of hydrogen-bond acceptors (Lipinski definition) is 4. The predicted molar refractivity (Wildman–Crippen MR) is 116 cm³/mol. The zero-order chi connectivity index (χ0) is 24.8. The van der Waals surface area contributed by atoms with Gasteiger partial charge >= 0.3 is 12.3 Å². The lowest BCUT2D eigenvalue weighted by molar-refractivity contribution is -0.136. The first-order chi connectivity index (χ1) is 15.9. The van der Waals surface area contributed by atoms with Gasteiger partial charge in [-0.25, -0.2) is 13.8 Å². The Morgan fingerprint density at radius 1 is 1.03 bits per heavy atom. The second-order valence-electron chi connectivity index (χ2n) is 7.31. The maximum absolute atomic E-state index is 13.8. The Hall–Kier alpha value is -3.93. The lowest BCUT2D eigenvalue weighted by Crippen LogP contribution is -2.23.